The van der Waals surface area contributed by atoms with Crippen LogP contribution in [-0.4, -0.2) is 31.7 Å². The molecular formula is C24H25N3O6. The van der Waals surface area contributed by atoms with Crippen LogP contribution in [0, 0.1) is 13.8 Å². The number of amides is 2. The van der Waals surface area contributed by atoms with Crippen molar-refractivity contribution in [3.05, 3.63) is 64.5 Å². The Morgan fingerprint density at radius 2 is 1.88 bits per heavy atom. The molecule has 0 saturated heterocycles. The number of hydrazone groups is 1. The molecule has 1 aliphatic rings. The fourth-order valence-electron chi connectivity index (χ4n) is 3.88. The summed E-state index contributed by atoms with van der Waals surface area (Å²) in [6, 6.07) is 6.71. The monoisotopic (exact) mass is 451 g/mol. The third kappa shape index (κ3) is 4.34. The topological polar surface area (TPSA) is 115 Å². The van der Waals surface area contributed by atoms with Gasteiger partial charge in [-0.15, -0.1) is 0 Å². The number of rotatable bonds is 6. The van der Waals surface area contributed by atoms with Crippen LogP contribution in [0.15, 0.2) is 44.5 Å². The van der Waals surface area contributed by atoms with Gasteiger partial charge < -0.3 is 23.6 Å². The van der Waals surface area contributed by atoms with Crippen molar-refractivity contribution in [2.75, 3.05) is 19.5 Å². The van der Waals surface area contributed by atoms with Crippen molar-refractivity contribution in [1.29, 1.82) is 0 Å². The van der Waals surface area contributed by atoms with Crippen LogP contribution in [0.25, 0.3) is 0 Å². The first-order chi connectivity index (χ1) is 15.9. The van der Waals surface area contributed by atoms with E-state index in [0.717, 1.165) is 12.0 Å². The van der Waals surface area contributed by atoms with Gasteiger partial charge in [0.25, 0.3) is 11.8 Å². The summed E-state index contributed by atoms with van der Waals surface area (Å²) in [5.41, 5.74) is 5.61. The molecule has 0 aliphatic heterocycles. The molecule has 0 radical (unpaired) electrons. The van der Waals surface area contributed by atoms with Crippen molar-refractivity contribution < 1.29 is 27.9 Å². The van der Waals surface area contributed by atoms with E-state index in [4.69, 9.17) is 18.3 Å². The van der Waals surface area contributed by atoms with Gasteiger partial charge in [0.2, 0.25) is 0 Å². The van der Waals surface area contributed by atoms with E-state index < -0.39 is 5.91 Å². The average molecular weight is 451 g/mol. The molecule has 172 valence electrons. The minimum Gasteiger partial charge on any atom is -0.497 e. The standard InChI is InChI=1S/C24H25N3O6/c1-13-21-18(26-27-23(28)16-10-11-32-14(16)2)6-5-7-19(21)33-22(13)24(29)25-17-9-8-15(30-3)12-20(17)31-4/h8-12H,5-7H2,1-4H3,(H,25,29)(H,27,28)/b26-18+. The number of nitrogens with one attached hydrogen (secondary N) is 2. The second-order valence-electron chi connectivity index (χ2n) is 7.62. The van der Waals surface area contributed by atoms with Crippen molar-refractivity contribution >= 4 is 23.2 Å². The molecule has 2 aromatic heterocycles. The number of ether oxygens (including phenoxy) is 2. The lowest BCUT2D eigenvalue weighted by molar-refractivity contribution is 0.0952. The van der Waals surface area contributed by atoms with E-state index in [1.165, 1.54) is 13.4 Å². The van der Waals surface area contributed by atoms with Gasteiger partial charge in [0.05, 0.1) is 37.4 Å². The number of fused-ring (bicyclic) bond motifs is 1. The van der Waals surface area contributed by atoms with Crippen LogP contribution >= 0.6 is 0 Å². The maximum Gasteiger partial charge on any atom is 0.291 e. The molecule has 2 amide bonds. The molecule has 0 bridgehead atoms. The van der Waals surface area contributed by atoms with E-state index >= 15 is 0 Å². The minimum atomic E-state index is -0.400. The highest BCUT2D eigenvalue weighted by molar-refractivity contribution is 6.10. The molecule has 9 heteroatoms. The van der Waals surface area contributed by atoms with E-state index in [1.54, 1.807) is 38.3 Å². The number of carbonyl (C=O) groups excluding carboxylic acids is 2. The SMILES string of the molecule is COc1ccc(NC(=O)c2oc3c(c2C)/C(=N/NC(=O)c2ccoc2C)CCC3)c(OC)c1. The van der Waals surface area contributed by atoms with E-state index in [2.05, 4.69) is 15.8 Å². The third-order valence-electron chi connectivity index (χ3n) is 5.58. The summed E-state index contributed by atoms with van der Waals surface area (Å²) in [5.74, 6) is 1.72. The highest BCUT2D eigenvalue weighted by Crippen LogP contribution is 2.32. The van der Waals surface area contributed by atoms with E-state index in [-0.39, 0.29) is 11.7 Å². The zero-order valence-corrected chi connectivity index (χ0v) is 18.9. The number of carbonyl (C=O) groups is 2. The van der Waals surface area contributed by atoms with Crippen LogP contribution in [0.5, 0.6) is 11.5 Å². The van der Waals surface area contributed by atoms with Crippen LogP contribution in [-0.2, 0) is 6.42 Å². The first kappa shape index (κ1) is 22.2. The normalized spacial score (nSPS) is 14.0. The smallest absolute Gasteiger partial charge is 0.291 e. The molecule has 2 heterocycles. The van der Waals surface area contributed by atoms with Gasteiger partial charge in [-0.2, -0.15) is 5.10 Å². The Labute approximate surface area is 190 Å². The lowest BCUT2D eigenvalue weighted by Crippen LogP contribution is -2.22. The fourth-order valence-corrected chi connectivity index (χ4v) is 3.88. The average Bonchev–Trinajstić information content (AvgIpc) is 3.41. The summed E-state index contributed by atoms with van der Waals surface area (Å²) in [6.45, 7) is 3.52. The Bertz CT molecular complexity index is 1240. The molecule has 3 aromatic rings. The highest BCUT2D eigenvalue weighted by Gasteiger charge is 2.28. The molecule has 9 nitrogen and oxygen atoms in total. The number of furan rings is 2. The van der Waals surface area contributed by atoms with Gasteiger partial charge in [-0.1, -0.05) is 0 Å². The first-order valence-electron chi connectivity index (χ1n) is 10.5. The van der Waals surface area contributed by atoms with Gasteiger partial charge in [-0.05, 0) is 44.9 Å². The summed E-state index contributed by atoms with van der Waals surface area (Å²) >= 11 is 0. The molecule has 2 N–H and O–H groups in total. The van der Waals surface area contributed by atoms with Crippen LogP contribution in [0.4, 0.5) is 5.69 Å². The summed E-state index contributed by atoms with van der Waals surface area (Å²) < 4.78 is 21.7. The Morgan fingerprint density at radius 3 is 2.58 bits per heavy atom. The third-order valence-corrected chi connectivity index (χ3v) is 5.58. The molecule has 33 heavy (non-hydrogen) atoms. The zero-order chi connectivity index (χ0) is 23.5. The van der Waals surface area contributed by atoms with Crippen LogP contribution in [0.1, 0.15) is 56.4 Å². The zero-order valence-electron chi connectivity index (χ0n) is 18.9. The number of methoxy groups -OCH3 is 2. The Kier molecular flexibility index (Phi) is 6.21. The summed E-state index contributed by atoms with van der Waals surface area (Å²) in [6.07, 6.45) is 3.60. The minimum absolute atomic E-state index is 0.199. The van der Waals surface area contributed by atoms with Crippen molar-refractivity contribution in [1.82, 2.24) is 5.43 Å². The second-order valence-corrected chi connectivity index (χ2v) is 7.62. The predicted molar refractivity (Wildman–Crippen MR) is 121 cm³/mol. The molecule has 0 fully saturated rings. The van der Waals surface area contributed by atoms with Gasteiger partial charge in [0.15, 0.2) is 5.76 Å². The highest BCUT2D eigenvalue weighted by atomic mass is 16.5. The summed E-state index contributed by atoms with van der Waals surface area (Å²) in [4.78, 5) is 25.4. The number of aryl methyl sites for hydroxylation is 2. The Hall–Kier alpha value is -4.01. The van der Waals surface area contributed by atoms with Crippen LogP contribution < -0.4 is 20.2 Å². The van der Waals surface area contributed by atoms with Gasteiger partial charge in [0, 0.05) is 23.6 Å². The largest absolute Gasteiger partial charge is 0.497 e. The van der Waals surface area contributed by atoms with E-state index in [0.29, 0.717) is 58.4 Å². The van der Waals surface area contributed by atoms with Crippen molar-refractivity contribution in [2.45, 2.75) is 33.1 Å². The summed E-state index contributed by atoms with van der Waals surface area (Å²) in [7, 11) is 3.07. The molecule has 1 aromatic carbocycles. The number of benzene rings is 1. The van der Waals surface area contributed by atoms with Gasteiger partial charge >= 0.3 is 0 Å². The van der Waals surface area contributed by atoms with Crippen molar-refractivity contribution in [2.24, 2.45) is 5.10 Å². The number of anilines is 1. The number of hydrogen-bond acceptors (Lipinski definition) is 7. The molecule has 4 rings (SSSR count). The van der Waals surface area contributed by atoms with Crippen molar-refractivity contribution in [3.63, 3.8) is 0 Å². The van der Waals surface area contributed by atoms with Crippen molar-refractivity contribution in [3.8, 4) is 11.5 Å². The van der Waals surface area contributed by atoms with Crippen LogP contribution in [0.2, 0.25) is 0 Å². The number of nitrogens with zero attached hydrogens (tertiary/aromatic N) is 1. The molecule has 1 aliphatic carbocycles. The summed E-state index contributed by atoms with van der Waals surface area (Å²) in [5, 5.41) is 7.17. The van der Waals surface area contributed by atoms with Crippen LogP contribution in [0.3, 0.4) is 0 Å². The molecule has 0 unspecified atom stereocenters. The van der Waals surface area contributed by atoms with Gasteiger partial charge in [-0.25, -0.2) is 5.43 Å². The fraction of sp³-hybridized carbons (Fsp3) is 0.292. The lowest BCUT2D eigenvalue weighted by atomic mass is 9.93. The van der Waals surface area contributed by atoms with Gasteiger partial charge in [-0.3, -0.25) is 9.59 Å². The van der Waals surface area contributed by atoms with E-state index in [1.807, 2.05) is 6.92 Å². The Morgan fingerprint density at radius 1 is 1.06 bits per heavy atom. The first-order valence-corrected chi connectivity index (χ1v) is 10.5. The predicted octanol–water partition coefficient (Wildman–Crippen LogP) is 4.23. The maximum atomic E-state index is 13.0. The van der Waals surface area contributed by atoms with E-state index in [9.17, 15) is 9.59 Å². The molecule has 0 atom stereocenters. The second kappa shape index (κ2) is 9.23. The quantitative estimate of drug-likeness (QED) is 0.542. The number of hydrogen-bond donors (Lipinski definition) is 2. The maximum absolute atomic E-state index is 13.0. The molecular weight excluding hydrogens is 426 g/mol. The molecule has 0 saturated carbocycles. The molecule has 0 spiro atoms. The lowest BCUT2D eigenvalue weighted by Gasteiger charge is -2.13. The van der Waals surface area contributed by atoms with Gasteiger partial charge in [0.1, 0.15) is 23.0 Å². The Balaban J connectivity index is 1.58.